The standard InChI is InChI=1S/C20H23NO2/c1-15-9-11-16(12-10-15)18-7-5-13-21(18)20(22)14-17-6-3-4-8-19(17)23-2/h3-4,6,8-12,18H,5,7,13-14H2,1-2H3. The van der Waals surface area contributed by atoms with Gasteiger partial charge in [0.05, 0.1) is 19.6 Å². The van der Waals surface area contributed by atoms with Crippen molar-refractivity contribution in [1.82, 2.24) is 4.90 Å². The van der Waals surface area contributed by atoms with Gasteiger partial charge in [-0.25, -0.2) is 0 Å². The lowest BCUT2D eigenvalue weighted by atomic mass is 10.0. The number of hydrogen-bond donors (Lipinski definition) is 0. The molecule has 3 heteroatoms. The molecule has 1 aliphatic heterocycles. The van der Waals surface area contributed by atoms with Crippen LogP contribution >= 0.6 is 0 Å². The Hall–Kier alpha value is -2.29. The van der Waals surface area contributed by atoms with Gasteiger partial charge in [-0.3, -0.25) is 4.79 Å². The normalized spacial score (nSPS) is 17.3. The van der Waals surface area contributed by atoms with Crippen LogP contribution in [0, 0.1) is 6.92 Å². The fourth-order valence-electron chi connectivity index (χ4n) is 3.31. The van der Waals surface area contributed by atoms with Crippen LogP contribution in [-0.4, -0.2) is 24.5 Å². The number of rotatable bonds is 4. The van der Waals surface area contributed by atoms with Gasteiger partial charge in [0.25, 0.3) is 0 Å². The van der Waals surface area contributed by atoms with Gasteiger partial charge in [-0.05, 0) is 31.4 Å². The third-order valence-corrected chi connectivity index (χ3v) is 4.57. The number of aryl methyl sites for hydroxylation is 1. The van der Waals surface area contributed by atoms with E-state index in [9.17, 15) is 4.79 Å². The van der Waals surface area contributed by atoms with Crippen LogP contribution in [-0.2, 0) is 11.2 Å². The summed E-state index contributed by atoms with van der Waals surface area (Å²) in [5, 5.41) is 0. The second-order valence-corrected chi connectivity index (χ2v) is 6.14. The number of hydrogen-bond acceptors (Lipinski definition) is 2. The first kappa shape index (κ1) is 15.6. The predicted octanol–water partition coefficient (Wildman–Crippen LogP) is 3.91. The molecular formula is C20H23NO2. The topological polar surface area (TPSA) is 29.5 Å². The number of amides is 1. The van der Waals surface area contributed by atoms with Crippen LogP contribution < -0.4 is 4.74 Å². The minimum atomic E-state index is 0.178. The van der Waals surface area contributed by atoms with E-state index in [1.165, 1.54) is 11.1 Å². The Kier molecular flexibility index (Phi) is 4.65. The maximum Gasteiger partial charge on any atom is 0.227 e. The average molecular weight is 309 g/mol. The Bertz CT molecular complexity index is 678. The molecule has 0 saturated carbocycles. The highest BCUT2D eigenvalue weighted by molar-refractivity contribution is 5.80. The van der Waals surface area contributed by atoms with E-state index in [-0.39, 0.29) is 11.9 Å². The van der Waals surface area contributed by atoms with Gasteiger partial charge in [-0.1, -0.05) is 48.0 Å². The van der Waals surface area contributed by atoms with Crippen LogP contribution in [0.5, 0.6) is 5.75 Å². The van der Waals surface area contributed by atoms with E-state index in [2.05, 4.69) is 31.2 Å². The Morgan fingerprint density at radius 1 is 1.17 bits per heavy atom. The molecule has 1 saturated heterocycles. The maximum atomic E-state index is 12.8. The molecule has 0 aliphatic carbocycles. The highest BCUT2D eigenvalue weighted by atomic mass is 16.5. The Balaban J connectivity index is 1.77. The maximum absolute atomic E-state index is 12.8. The number of nitrogens with zero attached hydrogens (tertiary/aromatic N) is 1. The van der Waals surface area contributed by atoms with Gasteiger partial charge < -0.3 is 9.64 Å². The lowest BCUT2D eigenvalue weighted by molar-refractivity contribution is -0.131. The molecule has 120 valence electrons. The highest BCUT2D eigenvalue weighted by Crippen LogP contribution is 2.33. The summed E-state index contributed by atoms with van der Waals surface area (Å²) in [6.45, 7) is 2.93. The summed E-state index contributed by atoms with van der Waals surface area (Å²) < 4.78 is 5.36. The zero-order valence-electron chi connectivity index (χ0n) is 13.8. The van der Waals surface area contributed by atoms with Crippen molar-refractivity contribution in [3.05, 3.63) is 65.2 Å². The SMILES string of the molecule is COc1ccccc1CC(=O)N1CCCC1c1ccc(C)cc1. The van der Waals surface area contributed by atoms with E-state index in [1.54, 1.807) is 7.11 Å². The summed E-state index contributed by atoms with van der Waals surface area (Å²) in [4.78, 5) is 14.8. The highest BCUT2D eigenvalue weighted by Gasteiger charge is 2.30. The molecule has 1 aliphatic rings. The van der Waals surface area contributed by atoms with Crippen molar-refractivity contribution < 1.29 is 9.53 Å². The van der Waals surface area contributed by atoms with Gasteiger partial charge in [-0.15, -0.1) is 0 Å². The number of benzene rings is 2. The van der Waals surface area contributed by atoms with Gasteiger partial charge in [-0.2, -0.15) is 0 Å². The molecule has 23 heavy (non-hydrogen) atoms. The summed E-state index contributed by atoms with van der Waals surface area (Å²) in [5.74, 6) is 0.963. The van der Waals surface area contributed by atoms with Crippen molar-refractivity contribution in [3.63, 3.8) is 0 Å². The lowest BCUT2D eigenvalue weighted by Crippen LogP contribution is -2.31. The van der Waals surface area contributed by atoms with Gasteiger partial charge in [0, 0.05) is 12.1 Å². The van der Waals surface area contributed by atoms with E-state index in [1.807, 2.05) is 29.2 Å². The molecule has 1 heterocycles. The first-order valence-corrected chi connectivity index (χ1v) is 8.17. The summed E-state index contributed by atoms with van der Waals surface area (Å²) in [6, 6.07) is 16.5. The van der Waals surface area contributed by atoms with Gasteiger partial charge >= 0.3 is 0 Å². The zero-order chi connectivity index (χ0) is 16.2. The largest absolute Gasteiger partial charge is 0.496 e. The second kappa shape index (κ2) is 6.86. The molecule has 1 fully saturated rings. The molecule has 2 aromatic carbocycles. The number of likely N-dealkylation sites (tertiary alicyclic amines) is 1. The van der Waals surface area contributed by atoms with Gasteiger partial charge in [0.2, 0.25) is 5.91 Å². The molecule has 1 unspecified atom stereocenters. The van der Waals surface area contributed by atoms with Crippen molar-refractivity contribution in [1.29, 1.82) is 0 Å². The third-order valence-electron chi connectivity index (χ3n) is 4.57. The molecule has 3 nitrogen and oxygen atoms in total. The Morgan fingerprint density at radius 3 is 2.65 bits per heavy atom. The fraction of sp³-hybridized carbons (Fsp3) is 0.350. The first-order chi connectivity index (χ1) is 11.2. The van der Waals surface area contributed by atoms with Crippen LogP contribution in [0.3, 0.4) is 0 Å². The van der Waals surface area contributed by atoms with E-state index in [4.69, 9.17) is 4.74 Å². The molecule has 1 amide bonds. The van der Waals surface area contributed by atoms with E-state index >= 15 is 0 Å². The lowest BCUT2D eigenvalue weighted by Gasteiger charge is -2.25. The van der Waals surface area contributed by atoms with Gasteiger partial charge in [0.1, 0.15) is 5.75 Å². The number of carbonyl (C=O) groups excluding carboxylic acids is 1. The van der Waals surface area contributed by atoms with Crippen LogP contribution in [0.1, 0.15) is 35.6 Å². The van der Waals surface area contributed by atoms with Crippen LogP contribution in [0.2, 0.25) is 0 Å². The van der Waals surface area contributed by atoms with Crippen LogP contribution in [0.4, 0.5) is 0 Å². The Morgan fingerprint density at radius 2 is 1.91 bits per heavy atom. The van der Waals surface area contributed by atoms with Crippen molar-refractivity contribution in [2.45, 2.75) is 32.2 Å². The van der Waals surface area contributed by atoms with E-state index in [0.29, 0.717) is 6.42 Å². The molecule has 0 radical (unpaired) electrons. The second-order valence-electron chi connectivity index (χ2n) is 6.14. The molecular weight excluding hydrogens is 286 g/mol. The van der Waals surface area contributed by atoms with E-state index < -0.39 is 0 Å². The first-order valence-electron chi connectivity index (χ1n) is 8.17. The fourth-order valence-corrected chi connectivity index (χ4v) is 3.31. The number of methoxy groups -OCH3 is 1. The third kappa shape index (κ3) is 3.39. The van der Waals surface area contributed by atoms with Crippen LogP contribution in [0.15, 0.2) is 48.5 Å². The summed E-state index contributed by atoms with van der Waals surface area (Å²) >= 11 is 0. The van der Waals surface area contributed by atoms with Gasteiger partial charge in [0.15, 0.2) is 0 Å². The molecule has 1 atom stereocenters. The van der Waals surface area contributed by atoms with Crippen molar-refractivity contribution in [2.24, 2.45) is 0 Å². The summed E-state index contributed by atoms with van der Waals surface area (Å²) in [6.07, 6.45) is 2.50. The summed E-state index contributed by atoms with van der Waals surface area (Å²) in [7, 11) is 1.65. The average Bonchev–Trinajstić information content (AvgIpc) is 3.06. The molecule has 0 N–H and O–H groups in total. The summed E-state index contributed by atoms with van der Waals surface area (Å²) in [5.41, 5.74) is 3.44. The van der Waals surface area contributed by atoms with Crippen LogP contribution in [0.25, 0.3) is 0 Å². The molecule has 0 spiro atoms. The minimum absolute atomic E-state index is 0.178. The quantitative estimate of drug-likeness (QED) is 0.857. The molecule has 3 rings (SSSR count). The Labute approximate surface area is 137 Å². The van der Waals surface area contributed by atoms with Crippen molar-refractivity contribution in [3.8, 4) is 5.75 Å². The number of ether oxygens (including phenoxy) is 1. The predicted molar refractivity (Wildman–Crippen MR) is 91.6 cm³/mol. The number of carbonyl (C=O) groups is 1. The van der Waals surface area contributed by atoms with Crippen molar-refractivity contribution in [2.75, 3.05) is 13.7 Å². The van der Waals surface area contributed by atoms with Crippen molar-refractivity contribution >= 4 is 5.91 Å². The van der Waals surface area contributed by atoms with E-state index in [0.717, 1.165) is 30.7 Å². The minimum Gasteiger partial charge on any atom is -0.496 e. The molecule has 0 aromatic heterocycles. The number of para-hydroxylation sites is 1. The molecule has 0 bridgehead atoms. The smallest absolute Gasteiger partial charge is 0.227 e. The zero-order valence-corrected chi connectivity index (χ0v) is 13.8. The molecule has 2 aromatic rings. The monoisotopic (exact) mass is 309 g/mol.